The van der Waals surface area contributed by atoms with Crippen LogP contribution in [0.2, 0.25) is 0 Å². The summed E-state index contributed by atoms with van der Waals surface area (Å²) in [5, 5.41) is 2.96. The van der Waals surface area contributed by atoms with Crippen molar-refractivity contribution in [3.05, 3.63) is 53.1 Å². The molecule has 0 aliphatic carbocycles. The van der Waals surface area contributed by atoms with Crippen molar-refractivity contribution < 1.29 is 28.7 Å². The number of carbonyl (C=O) groups excluding carboxylic acids is 2. The van der Waals surface area contributed by atoms with Gasteiger partial charge in [-0.2, -0.15) is 0 Å². The van der Waals surface area contributed by atoms with Crippen molar-refractivity contribution in [2.45, 2.75) is 25.8 Å². The third-order valence-corrected chi connectivity index (χ3v) is 5.62. The molecule has 2 aromatic rings. The predicted octanol–water partition coefficient (Wildman–Crippen LogP) is 2.16. The van der Waals surface area contributed by atoms with Crippen molar-refractivity contribution >= 4 is 17.6 Å². The molecule has 2 atom stereocenters. The molecule has 7 nitrogen and oxygen atoms in total. The Morgan fingerprint density at radius 1 is 1.10 bits per heavy atom. The van der Waals surface area contributed by atoms with Gasteiger partial charge in [0.1, 0.15) is 17.5 Å². The number of nitrogens with one attached hydrogen (secondary N) is 2. The van der Waals surface area contributed by atoms with Gasteiger partial charge >= 0.3 is 5.97 Å². The molecule has 160 valence electrons. The number of hydrogen-bond acceptors (Lipinski definition) is 5. The van der Waals surface area contributed by atoms with Crippen LogP contribution < -0.4 is 19.7 Å². The quantitative estimate of drug-likeness (QED) is 0.680. The number of esters is 1. The minimum absolute atomic E-state index is 0.0936. The lowest BCUT2D eigenvalue weighted by molar-refractivity contribution is -0.910. The number of methoxy groups -OCH3 is 3. The monoisotopic (exact) mass is 413 g/mol. The number of likely N-dealkylation sites (tertiary alicyclic amines) is 1. The lowest BCUT2D eigenvalue weighted by Gasteiger charge is -2.23. The van der Waals surface area contributed by atoms with Gasteiger partial charge in [-0.05, 0) is 42.8 Å². The SMILES string of the molecule is COC(=O)c1ccc(C)c(NC(=O)C[NH+]2CCC[C@H]2c2cc(OC)ccc2OC)c1. The van der Waals surface area contributed by atoms with Crippen molar-refractivity contribution in [3.8, 4) is 11.5 Å². The highest BCUT2D eigenvalue weighted by molar-refractivity contribution is 5.95. The van der Waals surface area contributed by atoms with Gasteiger partial charge in [0, 0.05) is 18.5 Å². The molecular formula is C23H29N2O5+. The molecule has 1 fully saturated rings. The van der Waals surface area contributed by atoms with Crippen molar-refractivity contribution in [2.24, 2.45) is 0 Å². The van der Waals surface area contributed by atoms with Crippen LogP contribution in [0.4, 0.5) is 5.69 Å². The maximum absolute atomic E-state index is 12.8. The smallest absolute Gasteiger partial charge is 0.337 e. The standard InChI is InChI=1S/C23H28N2O5/c1-15-7-8-16(23(27)30-4)12-19(15)24-22(26)14-25-11-5-6-20(25)18-13-17(28-2)9-10-21(18)29-3/h7-10,12-13,20H,5-6,11,14H2,1-4H3,(H,24,26)/p+1/t20-/m0/s1. The van der Waals surface area contributed by atoms with E-state index in [1.54, 1.807) is 32.4 Å². The molecule has 2 aromatic carbocycles. The fourth-order valence-corrected chi connectivity index (χ4v) is 4.01. The van der Waals surface area contributed by atoms with Crippen LogP contribution in [0.1, 0.15) is 40.4 Å². The van der Waals surface area contributed by atoms with Crippen LogP contribution in [0.5, 0.6) is 11.5 Å². The Bertz CT molecular complexity index is 928. The number of anilines is 1. The first-order chi connectivity index (χ1) is 14.5. The van der Waals surface area contributed by atoms with E-state index in [4.69, 9.17) is 14.2 Å². The van der Waals surface area contributed by atoms with Gasteiger partial charge in [-0.1, -0.05) is 6.07 Å². The highest BCUT2D eigenvalue weighted by atomic mass is 16.5. The molecule has 1 heterocycles. The number of aryl methyl sites for hydroxylation is 1. The van der Waals surface area contributed by atoms with E-state index in [2.05, 4.69) is 5.32 Å². The van der Waals surface area contributed by atoms with Gasteiger partial charge in [0.25, 0.3) is 5.91 Å². The molecule has 1 saturated heterocycles. The Morgan fingerprint density at radius 3 is 2.60 bits per heavy atom. The van der Waals surface area contributed by atoms with Gasteiger partial charge in [-0.15, -0.1) is 0 Å². The summed E-state index contributed by atoms with van der Waals surface area (Å²) in [4.78, 5) is 25.8. The Balaban J connectivity index is 1.75. The largest absolute Gasteiger partial charge is 0.497 e. The highest BCUT2D eigenvalue weighted by Crippen LogP contribution is 2.31. The molecule has 1 aliphatic heterocycles. The zero-order chi connectivity index (χ0) is 21.7. The highest BCUT2D eigenvalue weighted by Gasteiger charge is 2.34. The summed E-state index contributed by atoms with van der Waals surface area (Å²) in [6.07, 6.45) is 2.01. The molecule has 0 bridgehead atoms. The van der Waals surface area contributed by atoms with E-state index in [1.165, 1.54) is 12.0 Å². The minimum Gasteiger partial charge on any atom is -0.497 e. The second kappa shape index (κ2) is 9.63. The number of amides is 1. The van der Waals surface area contributed by atoms with Crippen LogP contribution in [0, 0.1) is 6.92 Å². The second-order valence-electron chi connectivity index (χ2n) is 7.46. The summed E-state index contributed by atoms with van der Waals surface area (Å²) in [5.74, 6) is 1.06. The van der Waals surface area contributed by atoms with E-state index in [1.807, 2.05) is 25.1 Å². The van der Waals surface area contributed by atoms with Crippen molar-refractivity contribution in [1.82, 2.24) is 0 Å². The molecule has 0 radical (unpaired) electrons. The van der Waals surface area contributed by atoms with Crippen LogP contribution in [0.3, 0.4) is 0 Å². The molecule has 1 aliphatic rings. The van der Waals surface area contributed by atoms with E-state index in [0.29, 0.717) is 17.8 Å². The summed E-state index contributed by atoms with van der Waals surface area (Å²) in [6, 6.07) is 11.1. The summed E-state index contributed by atoms with van der Waals surface area (Å²) in [6.45, 7) is 3.12. The zero-order valence-corrected chi connectivity index (χ0v) is 17.9. The van der Waals surface area contributed by atoms with E-state index >= 15 is 0 Å². The Kier molecular flexibility index (Phi) is 6.95. The zero-order valence-electron chi connectivity index (χ0n) is 17.9. The van der Waals surface area contributed by atoms with E-state index in [9.17, 15) is 9.59 Å². The first-order valence-corrected chi connectivity index (χ1v) is 10.0. The second-order valence-corrected chi connectivity index (χ2v) is 7.46. The van der Waals surface area contributed by atoms with Gasteiger partial charge in [-0.25, -0.2) is 4.79 Å². The Morgan fingerprint density at radius 2 is 1.90 bits per heavy atom. The van der Waals surface area contributed by atoms with Crippen LogP contribution in [-0.2, 0) is 9.53 Å². The molecule has 2 N–H and O–H groups in total. The molecule has 0 spiro atoms. The molecule has 7 heteroatoms. The van der Waals surface area contributed by atoms with Gasteiger partial charge in [0.15, 0.2) is 6.54 Å². The molecule has 0 aromatic heterocycles. The van der Waals surface area contributed by atoms with E-state index < -0.39 is 5.97 Å². The maximum Gasteiger partial charge on any atom is 0.337 e. The third-order valence-electron chi connectivity index (χ3n) is 5.62. The predicted molar refractivity (Wildman–Crippen MR) is 113 cm³/mol. The van der Waals surface area contributed by atoms with Crippen LogP contribution in [-0.4, -0.2) is 46.3 Å². The first-order valence-electron chi connectivity index (χ1n) is 10.0. The lowest BCUT2D eigenvalue weighted by atomic mass is 10.0. The maximum atomic E-state index is 12.8. The Labute approximate surface area is 176 Å². The topological polar surface area (TPSA) is 78.3 Å². The van der Waals surface area contributed by atoms with E-state index in [0.717, 1.165) is 42.0 Å². The van der Waals surface area contributed by atoms with E-state index in [-0.39, 0.29) is 11.9 Å². The summed E-state index contributed by atoms with van der Waals surface area (Å²) < 4.78 is 15.7. The van der Waals surface area contributed by atoms with Crippen LogP contribution in [0.25, 0.3) is 0 Å². The van der Waals surface area contributed by atoms with Crippen LogP contribution in [0.15, 0.2) is 36.4 Å². The number of hydrogen-bond donors (Lipinski definition) is 2. The number of benzene rings is 2. The van der Waals surface area contributed by atoms with Crippen LogP contribution >= 0.6 is 0 Å². The number of quaternary nitrogens is 1. The summed E-state index contributed by atoms with van der Waals surface area (Å²) in [5.41, 5.74) is 2.97. The average Bonchev–Trinajstić information content (AvgIpc) is 3.21. The Hall–Kier alpha value is -3.06. The minimum atomic E-state index is -0.430. The van der Waals surface area contributed by atoms with Gasteiger partial charge in [0.05, 0.1) is 39.0 Å². The fourth-order valence-electron chi connectivity index (χ4n) is 4.01. The molecular weight excluding hydrogens is 384 g/mol. The fraction of sp³-hybridized carbons (Fsp3) is 0.391. The summed E-state index contributed by atoms with van der Waals surface area (Å²) >= 11 is 0. The van der Waals surface area contributed by atoms with Gasteiger partial charge < -0.3 is 24.4 Å². The molecule has 0 saturated carbocycles. The number of carbonyl (C=O) groups is 2. The molecule has 30 heavy (non-hydrogen) atoms. The first kappa shape index (κ1) is 21.6. The number of rotatable bonds is 7. The van der Waals surface area contributed by atoms with Gasteiger partial charge in [-0.3, -0.25) is 4.79 Å². The molecule has 1 unspecified atom stereocenters. The molecule has 1 amide bonds. The lowest BCUT2D eigenvalue weighted by Crippen LogP contribution is -3.11. The molecule has 3 rings (SSSR count). The third kappa shape index (κ3) is 4.74. The average molecular weight is 413 g/mol. The van der Waals surface area contributed by atoms with Crippen molar-refractivity contribution in [1.29, 1.82) is 0 Å². The normalized spacial score (nSPS) is 18.0. The summed E-state index contributed by atoms with van der Waals surface area (Å²) in [7, 11) is 4.64. The van der Waals surface area contributed by atoms with Crippen molar-refractivity contribution in [3.63, 3.8) is 0 Å². The number of ether oxygens (including phenoxy) is 3. The van der Waals surface area contributed by atoms with Gasteiger partial charge in [0.2, 0.25) is 0 Å². The van der Waals surface area contributed by atoms with Crippen molar-refractivity contribution in [2.75, 3.05) is 39.7 Å².